The van der Waals surface area contributed by atoms with Crippen LogP contribution in [0, 0.1) is 0 Å². The molecule has 1 amide bonds. The monoisotopic (exact) mass is 290 g/mol. The number of carbonyl (C=O) groups excluding carboxylic acids is 1. The van der Waals surface area contributed by atoms with Gasteiger partial charge in [0.1, 0.15) is 6.61 Å². The maximum atomic E-state index is 12.5. The first-order chi connectivity index (χ1) is 10.1. The van der Waals surface area contributed by atoms with Crippen molar-refractivity contribution in [1.82, 2.24) is 9.80 Å². The van der Waals surface area contributed by atoms with E-state index < -0.39 is 6.10 Å². The van der Waals surface area contributed by atoms with E-state index in [0.717, 1.165) is 26.2 Å². The number of carbonyl (C=O) groups is 1. The van der Waals surface area contributed by atoms with Crippen molar-refractivity contribution < 1.29 is 14.3 Å². The molecule has 0 saturated carbocycles. The van der Waals surface area contributed by atoms with Crippen molar-refractivity contribution in [1.29, 1.82) is 0 Å². The van der Waals surface area contributed by atoms with E-state index in [1.165, 1.54) is 0 Å². The van der Waals surface area contributed by atoms with E-state index >= 15 is 0 Å². The number of ether oxygens (including phenoxy) is 2. The Morgan fingerprint density at radius 1 is 1.14 bits per heavy atom. The number of hydrogen-bond acceptors (Lipinski definition) is 4. The first kappa shape index (κ1) is 14.2. The maximum absolute atomic E-state index is 12.5. The van der Waals surface area contributed by atoms with Crippen molar-refractivity contribution >= 4 is 5.91 Å². The Balaban J connectivity index is 1.60. The second-order valence-corrected chi connectivity index (χ2v) is 5.82. The molecule has 0 N–H and O–H groups in total. The van der Waals surface area contributed by atoms with Gasteiger partial charge >= 0.3 is 0 Å². The molecular weight excluding hydrogens is 268 g/mol. The Bertz CT molecular complexity index is 510. The number of amides is 1. The molecule has 114 valence electrons. The molecule has 21 heavy (non-hydrogen) atoms. The lowest BCUT2D eigenvalue weighted by molar-refractivity contribution is -0.143. The van der Waals surface area contributed by atoms with Crippen LogP contribution in [0.25, 0.3) is 0 Å². The molecular formula is C16H22N2O3. The molecule has 1 saturated heterocycles. The Morgan fingerprint density at radius 3 is 2.48 bits per heavy atom. The van der Waals surface area contributed by atoms with Gasteiger partial charge in [-0.05, 0) is 26.0 Å². The van der Waals surface area contributed by atoms with Crippen LogP contribution in [0.3, 0.4) is 0 Å². The van der Waals surface area contributed by atoms with Crippen molar-refractivity contribution in [2.24, 2.45) is 0 Å². The summed E-state index contributed by atoms with van der Waals surface area (Å²) >= 11 is 0. The molecule has 2 aliphatic heterocycles. The van der Waals surface area contributed by atoms with E-state index in [0.29, 0.717) is 24.1 Å². The molecule has 2 heterocycles. The van der Waals surface area contributed by atoms with Gasteiger partial charge in [-0.3, -0.25) is 9.69 Å². The Labute approximate surface area is 125 Å². The van der Waals surface area contributed by atoms with Crippen molar-refractivity contribution in [3.8, 4) is 11.5 Å². The first-order valence-corrected chi connectivity index (χ1v) is 7.56. The van der Waals surface area contributed by atoms with Gasteiger partial charge < -0.3 is 14.4 Å². The van der Waals surface area contributed by atoms with Gasteiger partial charge in [-0.15, -0.1) is 0 Å². The highest BCUT2D eigenvalue weighted by Gasteiger charge is 2.32. The zero-order valence-electron chi connectivity index (χ0n) is 12.6. The summed E-state index contributed by atoms with van der Waals surface area (Å²) in [7, 11) is 0. The zero-order valence-corrected chi connectivity index (χ0v) is 12.6. The Hall–Kier alpha value is -1.75. The summed E-state index contributed by atoms with van der Waals surface area (Å²) in [6, 6.07) is 8.01. The summed E-state index contributed by atoms with van der Waals surface area (Å²) in [6.07, 6.45) is -0.523. The van der Waals surface area contributed by atoms with E-state index in [9.17, 15) is 4.79 Å². The van der Waals surface area contributed by atoms with Crippen LogP contribution in [0.4, 0.5) is 0 Å². The fraction of sp³-hybridized carbons (Fsp3) is 0.562. The topological polar surface area (TPSA) is 42.0 Å². The molecule has 5 heteroatoms. The predicted octanol–water partition coefficient (Wildman–Crippen LogP) is 1.38. The van der Waals surface area contributed by atoms with Gasteiger partial charge in [0.25, 0.3) is 5.91 Å². The number of para-hydroxylation sites is 2. The van der Waals surface area contributed by atoms with E-state index in [4.69, 9.17) is 9.47 Å². The van der Waals surface area contributed by atoms with Gasteiger partial charge in [0.05, 0.1) is 0 Å². The number of hydrogen-bond donors (Lipinski definition) is 0. The summed E-state index contributed by atoms with van der Waals surface area (Å²) < 4.78 is 11.4. The molecule has 0 radical (unpaired) electrons. The number of fused-ring (bicyclic) bond motifs is 1. The summed E-state index contributed by atoms with van der Waals surface area (Å²) in [4.78, 5) is 16.8. The van der Waals surface area contributed by atoms with Crippen molar-refractivity contribution in [2.45, 2.75) is 26.0 Å². The normalized spacial score (nSPS) is 22.4. The molecule has 0 aliphatic carbocycles. The van der Waals surface area contributed by atoms with E-state index in [1.807, 2.05) is 29.2 Å². The van der Waals surface area contributed by atoms with Crippen LogP contribution in [0.15, 0.2) is 24.3 Å². The second-order valence-electron chi connectivity index (χ2n) is 5.82. The van der Waals surface area contributed by atoms with Crippen LogP contribution in [-0.4, -0.2) is 60.6 Å². The summed E-state index contributed by atoms with van der Waals surface area (Å²) in [5, 5.41) is 0. The average Bonchev–Trinajstić information content (AvgIpc) is 2.54. The third kappa shape index (κ3) is 2.97. The molecule has 1 unspecified atom stereocenters. The van der Waals surface area contributed by atoms with Gasteiger partial charge in [0, 0.05) is 32.2 Å². The largest absolute Gasteiger partial charge is 0.485 e. The lowest BCUT2D eigenvalue weighted by Gasteiger charge is -2.38. The Kier molecular flexibility index (Phi) is 4.01. The van der Waals surface area contributed by atoms with Crippen LogP contribution in [0.2, 0.25) is 0 Å². The van der Waals surface area contributed by atoms with E-state index in [1.54, 1.807) is 0 Å². The average molecular weight is 290 g/mol. The number of piperazine rings is 1. The quantitative estimate of drug-likeness (QED) is 0.825. The third-order valence-electron chi connectivity index (χ3n) is 4.14. The summed E-state index contributed by atoms with van der Waals surface area (Å²) in [6.45, 7) is 8.04. The van der Waals surface area contributed by atoms with Crippen molar-refractivity contribution in [3.63, 3.8) is 0 Å². The van der Waals surface area contributed by atoms with E-state index in [2.05, 4.69) is 18.7 Å². The second kappa shape index (κ2) is 5.93. The lowest BCUT2D eigenvalue weighted by Crippen LogP contribution is -2.55. The Morgan fingerprint density at radius 2 is 1.81 bits per heavy atom. The van der Waals surface area contributed by atoms with Gasteiger partial charge in [0.2, 0.25) is 6.10 Å². The maximum Gasteiger partial charge on any atom is 0.267 e. The molecule has 0 bridgehead atoms. The van der Waals surface area contributed by atoms with Crippen LogP contribution >= 0.6 is 0 Å². The van der Waals surface area contributed by atoms with Gasteiger partial charge in [0.15, 0.2) is 11.5 Å². The van der Waals surface area contributed by atoms with Crippen LogP contribution in [0.5, 0.6) is 11.5 Å². The SMILES string of the molecule is CC(C)N1CCN(C(=O)C2COc3ccccc3O2)CC1. The van der Waals surface area contributed by atoms with Crippen LogP contribution in [-0.2, 0) is 4.79 Å². The van der Waals surface area contributed by atoms with Gasteiger partial charge in [-0.2, -0.15) is 0 Å². The van der Waals surface area contributed by atoms with Crippen molar-refractivity contribution in [2.75, 3.05) is 32.8 Å². The number of benzene rings is 1. The fourth-order valence-electron chi connectivity index (χ4n) is 2.80. The minimum Gasteiger partial charge on any atom is -0.485 e. The molecule has 0 aromatic heterocycles. The molecule has 1 atom stereocenters. The third-order valence-corrected chi connectivity index (χ3v) is 4.14. The van der Waals surface area contributed by atoms with Gasteiger partial charge in [-0.1, -0.05) is 12.1 Å². The minimum absolute atomic E-state index is 0.0351. The van der Waals surface area contributed by atoms with Crippen molar-refractivity contribution in [3.05, 3.63) is 24.3 Å². The zero-order chi connectivity index (χ0) is 14.8. The standard InChI is InChI=1S/C16H22N2O3/c1-12(2)17-7-9-18(10-8-17)16(19)15-11-20-13-5-3-4-6-14(13)21-15/h3-6,12,15H,7-11H2,1-2H3. The summed E-state index contributed by atoms with van der Waals surface area (Å²) in [5.41, 5.74) is 0. The molecule has 1 fully saturated rings. The molecule has 3 rings (SSSR count). The molecule has 0 spiro atoms. The molecule has 1 aromatic rings. The molecule has 2 aliphatic rings. The lowest BCUT2D eigenvalue weighted by atomic mass is 10.2. The highest BCUT2D eigenvalue weighted by atomic mass is 16.6. The highest BCUT2D eigenvalue weighted by molar-refractivity contribution is 5.82. The van der Waals surface area contributed by atoms with E-state index in [-0.39, 0.29) is 5.91 Å². The first-order valence-electron chi connectivity index (χ1n) is 7.56. The molecule has 5 nitrogen and oxygen atoms in total. The van der Waals surface area contributed by atoms with Crippen LogP contribution < -0.4 is 9.47 Å². The smallest absolute Gasteiger partial charge is 0.267 e. The van der Waals surface area contributed by atoms with Crippen LogP contribution in [0.1, 0.15) is 13.8 Å². The van der Waals surface area contributed by atoms with Gasteiger partial charge in [-0.25, -0.2) is 0 Å². The number of rotatable bonds is 2. The predicted molar refractivity (Wildman–Crippen MR) is 79.6 cm³/mol. The molecule has 1 aromatic carbocycles. The fourth-order valence-corrected chi connectivity index (χ4v) is 2.80. The highest BCUT2D eigenvalue weighted by Crippen LogP contribution is 2.31. The minimum atomic E-state index is -0.523. The number of nitrogens with zero attached hydrogens (tertiary/aromatic N) is 2. The summed E-state index contributed by atoms with van der Waals surface area (Å²) in [5.74, 6) is 1.40.